The molecule has 14 heavy (non-hydrogen) atoms. The average molecular weight is 193 g/mol. The van der Waals surface area contributed by atoms with Gasteiger partial charge in [0.1, 0.15) is 11.6 Å². The second kappa shape index (κ2) is 3.86. The van der Waals surface area contributed by atoms with Gasteiger partial charge in [-0.25, -0.2) is 8.78 Å². The molecule has 0 aliphatic carbocycles. The Bertz CT molecular complexity index is 351. The van der Waals surface area contributed by atoms with E-state index < -0.39 is 11.6 Å². The molecule has 3 heteroatoms. The van der Waals surface area contributed by atoms with Crippen LogP contribution in [0.2, 0.25) is 0 Å². The van der Waals surface area contributed by atoms with Crippen LogP contribution in [0.15, 0.2) is 23.2 Å². The van der Waals surface area contributed by atoms with Gasteiger partial charge in [0.2, 0.25) is 0 Å². The van der Waals surface area contributed by atoms with Crippen molar-refractivity contribution in [2.24, 2.45) is 4.99 Å². The van der Waals surface area contributed by atoms with E-state index in [1.807, 2.05) is 0 Å². The second-order valence-electron chi connectivity index (χ2n) is 3.43. The van der Waals surface area contributed by atoms with Gasteiger partial charge in [0.15, 0.2) is 0 Å². The molecule has 0 unspecified atom stereocenters. The fraction of sp³-hybridized carbons (Fsp3) is 0.364. The number of nitrogens with zero attached hydrogens (tertiary/aromatic N) is 1. The zero-order valence-electron chi connectivity index (χ0n) is 7.76. The van der Waals surface area contributed by atoms with Crippen molar-refractivity contribution in [3.8, 4) is 0 Å². The molecular formula is C11H11F2N. The van der Waals surface area contributed by atoms with Gasteiger partial charge in [-0.05, 0) is 25.0 Å². The van der Waals surface area contributed by atoms with Crippen molar-refractivity contribution in [3.63, 3.8) is 0 Å². The van der Waals surface area contributed by atoms with E-state index in [1.165, 1.54) is 18.2 Å². The van der Waals surface area contributed by atoms with E-state index in [2.05, 4.69) is 4.99 Å². The van der Waals surface area contributed by atoms with Crippen molar-refractivity contribution in [1.82, 2.24) is 0 Å². The zero-order valence-corrected chi connectivity index (χ0v) is 7.76. The van der Waals surface area contributed by atoms with Crippen molar-refractivity contribution < 1.29 is 8.78 Å². The largest absolute Gasteiger partial charge is 0.294 e. The van der Waals surface area contributed by atoms with Crippen LogP contribution in [0.4, 0.5) is 8.78 Å². The quantitative estimate of drug-likeness (QED) is 0.684. The fourth-order valence-electron chi connectivity index (χ4n) is 1.65. The van der Waals surface area contributed by atoms with E-state index in [-0.39, 0.29) is 5.56 Å². The van der Waals surface area contributed by atoms with E-state index in [9.17, 15) is 8.78 Å². The molecule has 0 atom stereocenters. The molecule has 1 aliphatic heterocycles. The molecule has 74 valence electrons. The van der Waals surface area contributed by atoms with Gasteiger partial charge in [-0.3, -0.25) is 4.99 Å². The summed E-state index contributed by atoms with van der Waals surface area (Å²) in [6, 6.07) is 3.95. The molecule has 1 heterocycles. The molecule has 0 radical (unpaired) electrons. The first-order chi connectivity index (χ1) is 6.77. The maximum absolute atomic E-state index is 13.2. The van der Waals surface area contributed by atoms with Crippen LogP contribution in [-0.4, -0.2) is 12.3 Å². The minimum absolute atomic E-state index is 0.146. The number of benzene rings is 1. The molecule has 0 saturated carbocycles. The first kappa shape index (κ1) is 9.31. The monoisotopic (exact) mass is 193 g/mol. The lowest BCUT2D eigenvalue weighted by molar-refractivity contribution is 0.564. The summed E-state index contributed by atoms with van der Waals surface area (Å²) in [4.78, 5) is 4.20. The predicted molar refractivity (Wildman–Crippen MR) is 51.6 cm³/mol. The van der Waals surface area contributed by atoms with Crippen LogP contribution >= 0.6 is 0 Å². The van der Waals surface area contributed by atoms with E-state index in [4.69, 9.17) is 0 Å². The topological polar surface area (TPSA) is 12.4 Å². The molecule has 0 bridgehead atoms. The predicted octanol–water partition coefficient (Wildman–Crippen LogP) is 2.74. The van der Waals surface area contributed by atoms with Crippen LogP contribution in [0.25, 0.3) is 0 Å². The molecule has 0 N–H and O–H groups in total. The first-order valence-corrected chi connectivity index (χ1v) is 4.72. The van der Waals surface area contributed by atoms with E-state index >= 15 is 0 Å². The van der Waals surface area contributed by atoms with Gasteiger partial charge in [0, 0.05) is 24.2 Å². The maximum Gasteiger partial charge on any atom is 0.129 e. The lowest BCUT2D eigenvalue weighted by atomic mass is 10.1. The minimum atomic E-state index is -0.473. The van der Waals surface area contributed by atoms with Gasteiger partial charge in [0.05, 0.1) is 0 Å². The van der Waals surface area contributed by atoms with Crippen LogP contribution in [0.5, 0.6) is 0 Å². The molecule has 0 aromatic heterocycles. The standard InChI is InChI=1S/C11H11F2N/c12-10-4-1-5-11(13)9(10)7-8-3-2-6-14-8/h1,4-5H,2-3,6-7H2/i12-1,13-1. The Balaban J connectivity index is 2.23. The first-order valence-electron chi connectivity index (χ1n) is 4.72. The Morgan fingerprint density at radius 2 is 1.93 bits per heavy atom. The zero-order chi connectivity index (χ0) is 9.97. The van der Waals surface area contributed by atoms with E-state index in [0.717, 1.165) is 25.1 Å². The fourth-order valence-corrected chi connectivity index (χ4v) is 1.65. The maximum atomic E-state index is 13.2. The minimum Gasteiger partial charge on any atom is -0.294 e. The Kier molecular flexibility index (Phi) is 2.57. The van der Waals surface area contributed by atoms with Crippen molar-refractivity contribution >= 4 is 5.71 Å². The summed E-state index contributed by atoms with van der Waals surface area (Å²) < 4.78 is 26.4. The summed E-state index contributed by atoms with van der Waals surface area (Å²) in [6.45, 7) is 0.797. The molecule has 1 aromatic rings. The number of halogens is 2. The van der Waals surface area contributed by atoms with Crippen LogP contribution < -0.4 is 0 Å². The van der Waals surface area contributed by atoms with Crippen molar-refractivity contribution in [2.75, 3.05) is 6.54 Å². The van der Waals surface area contributed by atoms with Gasteiger partial charge < -0.3 is 0 Å². The lowest BCUT2D eigenvalue weighted by Crippen LogP contribution is -2.04. The molecule has 1 aliphatic rings. The Labute approximate surface area is 81.5 Å². The Morgan fingerprint density at radius 1 is 1.21 bits per heavy atom. The molecular weight excluding hydrogens is 182 g/mol. The molecule has 0 saturated heterocycles. The SMILES string of the molecule is [18F]c1cccc([18F])c1CC1=NCCC1. The normalized spacial score (nSPS) is 15.7. The summed E-state index contributed by atoms with van der Waals surface area (Å²) >= 11 is 0. The third-order valence-electron chi connectivity index (χ3n) is 2.40. The number of rotatable bonds is 2. The Hall–Kier alpha value is -1.25. The van der Waals surface area contributed by atoms with Crippen molar-refractivity contribution in [1.29, 1.82) is 0 Å². The molecule has 2 rings (SSSR count). The van der Waals surface area contributed by atoms with Gasteiger partial charge in [-0.1, -0.05) is 6.07 Å². The summed E-state index contributed by atoms with van der Waals surface area (Å²) in [5.74, 6) is -0.945. The van der Waals surface area contributed by atoms with Gasteiger partial charge in [-0.2, -0.15) is 0 Å². The highest BCUT2D eigenvalue weighted by Gasteiger charge is 2.13. The number of aliphatic imine (C=N–C) groups is 1. The second-order valence-corrected chi connectivity index (χ2v) is 3.43. The molecule has 0 spiro atoms. The van der Waals surface area contributed by atoms with Crippen molar-refractivity contribution in [2.45, 2.75) is 19.3 Å². The number of hydrogen-bond donors (Lipinski definition) is 0. The average Bonchev–Trinajstić information content (AvgIpc) is 2.64. The molecule has 0 amide bonds. The van der Waals surface area contributed by atoms with E-state index in [0.29, 0.717) is 6.42 Å². The van der Waals surface area contributed by atoms with Crippen molar-refractivity contribution in [3.05, 3.63) is 35.4 Å². The summed E-state index contributed by atoms with van der Waals surface area (Å²) in [7, 11) is 0. The molecule has 1 aromatic carbocycles. The van der Waals surface area contributed by atoms with Gasteiger partial charge >= 0.3 is 0 Å². The summed E-state index contributed by atoms with van der Waals surface area (Å²) in [6.07, 6.45) is 2.19. The summed E-state index contributed by atoms with van der Waals surface area (Å²) in [5.41, 5.74) is 1.06. The Morgan fingerprint density at radius 3 is 2.50 bits per heavy atom. The molecule has 0 fully saturated rings. The van der Waals surface area contributed by atoms with Crippen LogP contribution in [0.3, 0.4) is 0 Å². The molecule has 1 nitrogen and oxygen atoms in total. The third kappa shape index (κ3) is 1.81. The highest BCUT2D eigenvalue weighted by Crippen LogP contribution is 2.16. The highest BCUT2D eigenvalue weighted by molar-refractivity contribution is 5.87. The van der Waals surface area contributed by atoms with Crippen LogP contribution in [0, 0.1) is 11.6 Å². The van der Waals surface area contributed by atoms with E-state index in [1.54, 1.807) is 0 Å². The lowest BCUT2D eigenvalue weighted by Gasteiger charge is -2.03. The smallest absolute Gasteiger partial charge is 0.129 e. The summed E-state index contributed by atoms with van der Waals surface area (Å²) in [5, 5.41) is 0. The number of hydrogen-bond acceptors (Lipinski definition) is 1. The highest BCUT2D eigenvalue weighted by atomic mass is 18.2. The van der Waals surface area contributed by atoms with Gasteiger partial charge in [0.25, 0.3) is 0 Å². The third-order valence-corrected chi connectivity index (χ3v) is 2.40. The van der Waals surface area contributed by atoms with Crippen LogP contribution in [0.1, 0.15) is 18.4 Å². The van der Waals surface area contributed by atoms with Crippen LogP contribution in [-0.2, 0) is 6.42 Å². The van der Waals surface area contributed by atoms with Gasteiger partial charge in [-0.15, -0.1) is 0 Å².